The van der Waals surface area contributed by atoms with Crippen molar-refractivity contribution in [3.8, 4) is 17.1 Å². The molecule has 144 valence electrons. The van der Waals surface area contributed by atoms with E-state index in [-0.39, 0.29) is 10.5 Å². The fraction of sp³-hybridized carbons (Fsp3) is 0.200. The van der Waals surface area contributed by atoms with E-state index >= 15 is 0 Å². The summed E-state index contributed by atoms with van der Waals surface area (Å²) >= 11 is 0. The van der Waals surface area contributed by atoms with Crippen molar-refractivity contribution in [1.29, 1.82) is 0 Å². The Morgan fingerprint density at radius 3 is 2.46 bits per heavy atom. The Bertz CT molecular complexity index is 1420. The lowest BCUT2D eigenvalue weighted by molar-refractivity contribution is 0.415. The molecule has 0 aliphatic rings. The first-order valence-corrected chi connectivity index (χ1v) is 10.5. The number of sulfone groups is 1. The lowest BCUT2D eigenvalue weighted by atomic mass is 10.1. The molecule has 4 aromatic rings. The highest BCUT2D eigenvalue weighted by molar-refractivity contribution is 7.90. The van der Waals surface area contributed by atoms with Crippen LogP contribution < -0.4 is 10.3 Å². The van der Waals surface area contributed by atoms with Crippen molar-refractivity contribution in [2.45, 2.75) is 18.7 Å². The molecule has 0 spiro atoms. The van der Waals surface area contributed by atoms with Crippen LogP contribution in [0.3, 0.4) is 0 Å². The maximum Gasteiger partial charge on any atom is 0.256 e. The molecule has 8 heteroatoms. The van der Waals surface area contributed by atoms with Crippen LogP contribution in [0.5, 0.6) is 5.75 Å². The molecular weight excluding hydrogens is 378 g/mol. The van der Waals surface area contributed by atoms with Crippen LogP contribution in [0.1, 0.15) is 11.3 Å². The second-order valence-corrected chi connectivity index (χ2v) is 8.85. The SMILES string of the molecule is COc1cc(S(C)(=O)=O)ccc1-c1nc2cc3c(=O)[nH]c(C)c(C)c3cc2[nH]1. The van der Waals surface area contributed by atoms with Crippen molar-refractivity contribution in [3.63, 3.8) is 0 Å². The first-order valence-electron chi connectivity index (χ1n) is 8.60. The van der Waals surface area contributed by atoms with Gasteiger partial charge in [0.05, 0.1) is 28.6 Å². The molecule has 0 radical (unpaired) electrons. The average Bonchev–Trinajstić information content (AvgIpc) is 3.06. The molecule has 0 saturated carbocycles. The normalized spacial score (nSPS) is 12.0. The van der Waals surface area contributed by atoms with Gasteiger partial charge in [0, 0.05) is 17.3 Å². The number of benzene rings is 2. The van der Waals surface area contributed by atoms with Gasteiger partial charge in [0.1, 0.15) is 11.6 Å². The van der Waals surface area contributed by atoms with Crippen LogP contribution in [0.25, 0.3) is 33.2 Å². The van der Waals surface area contributed by atoms with Gasteiger partial charge in [-0.05, 0) is 55.1 Å². The van der Waals surface area contributed by atoms with Gasteiger partial charge in [0.15, 0.2) is 9.84 Å². The van der Waals surface area contributed by atoms with Crippen LogP contribution in [0.15, 0.2) is 40.0 Å². The van der Waals surface area contributed by atoms with E-state index in [9.17, 15) is 13.2 Å². The molecule has 4 rings (SSSR count). The van der Waals surface area contributed by atoms with Crippen molar-refractivity contribution in [3.05, 3.63) is 51.9 Å². The summed E-state index contributed by atoms with van der Waals surface area (Å²) in [5.41, 5.74) is 3.74. The predicted molar refractivity (Wildman–Crippen MR) is 109 cm³/mol. The van der Waals surface area contributed by atoms with Crippen LogP contribution in [-0.2, 0) is 9.84 Å². The number of aromatic nitrogens is 3. The summed E-state index contributed by atoms with van der Waals surface area (Å²) in [4.78, 5) is 23.2. The van der Waals surface area contributed by atoms with Crippen molar-refractivity contribution in [2.24, 2.45) is 0 Å². The van der Waals surface area contributed by atoms with Gasteiger partial charge < -0.3 is 14.7 Å². The number of rotatable bonds is 3. The van der Waals surface area contributed by atoms with E-state index < -0.39 is 9.84 Å². The Balaban J connectivity index is 1.96. The molecule has 0 amide bonds. The van der Waals surface area contributed by atoms with E-state index in [0.717, 1.165) is 28.4 Å². The van der Waals surface area contributed by atoms with Gasteiger partial charge in [-0.25, -0.2) is 13.4 Å². The van der Waals surface area contributed by atoms with Crippen molar-refractivity contribution < 1.29 is 13.2 Å². The van der Waals surface area contributed by atoms with E-state index in [1.807, 2.05) is 19.9 Å². The van der Waals surface area contributed by atoms with Crippen LogP contribution in [-0.4, -0.2) is 36.7 Å². The monoisotopic (exact) mass is 397 g/mol. The minimum absolute atomic E-state index is 0.153. The van der Waals surface area contributed by atoms with E-state index in [1.165, 1.54) is 19.2 Å². The number of H-pyrrole nitrogens is 2. The molecule has 28 heavy (non-hydrogen) atoms. The third kappa shape index (κ3) is 2.86. The molecule has 0 unspecified atom stereocenters. The van der Waals surface area contributed by atoms with Gasteiger partial charge in [-0.1, -0.05) is 0 Å². The number of nitrogens with zero attached hydrogens (tertiary/aromatic N) is 1. The zero-order chi connectivity index (χ0) is 20.2. The highest BCUT2D eigenvalue weighted by Crippen LogP contribution is 2.32. The number of nitrogens with one attached hydrogen (secondary N) is 2. The zero-order valence-corrected chi connectivity index (χ0v) is 16.7. The number of methoxy groups -OCH3 is 1. The summed E-state index contributed by atoms with van der Waals surface area (Å²) in [6.07, 6.45) is 1.15. The van der Waals surface area contributed by atoms with Gasteiger partial charge in [-0.2, -0.15) is 0 Å². The minimum Gasteiger partial charge on any atom is -0.496 e. The zero-order valence-electron chi connectivity index (χ0n) is 15.9. The topological polar surface area (TPSA) is 105 Å². The van der Waals surface area contributed by atoms with Gasteiger partial charge in [-0.15, -0.1) is 0 Å². The summed E-state index contributed by atoms with van der Waals surface area (Å²) in [7, 11) is -1.87. The lowest BCUT2D eigenvalue weighted by Gasteiger charge is -2.08. The summed E-state index contributed by atoms with van der Waals surface area (Å²) < 4.78 is 29.0. The van der Waals surface area contributed by atoms with Gasteiger partial charge in [-0.3, -0.25) is 4.79 Å². The number of pyridine rings is 1. The number of hydrogen-bond acceptors (Lipinski definition) is 5. The second-order valence-electron chi connectivity index (χ2n) is 6.84. The number of aryl methyl sites for hydroxylation is 2. The standard InChI is InChI=1S/C20H19N3O4S/c1-10-11(2)21-20(24)15-9-17-16(8-14(10)15)22-19(23-17)13-6-5-12(28(4,25)26)7-18(13)27-3/h5-9H,1-4H3,(H,21,24)(H,22,23). The van der Waals surface area contributed by atoms with E-state index in [1.54, 1.807) is 12.1 Å². The van der Waals surface area contributed by atoms with Gasteiger partial charge in [0.2, 0.25) is 0 Å². The molecule has 2 N–H and O–H groups in total. The molecular formula is C20H19N3O4S. The number of imidazole rings is 1. The fourth-order valence-corrected chi connectivity index (χ4v) is 3.95. The summed E-state index contributed by atoms with van der Waals surface area (Å²) in [5, 5.41) is 1.44. The minimum atomic E-state index is -3.35. The van der Waals surface area contributed by atoms with E-state index in [0.29, 0.717) is 28.0 Å². The number of fused-ring (bicyclic) bond motifs is 2. The molecule has 0 aliphatic carbocycles. The van der Waals surface area contributed by atoms with Gasteiger partial charge >= 0.3 is 0 Å². The molecule has 2 aromatic heterocycles. The maximum absolute atomic E-state index is 12.3. The average molecular weight is 397 g/mol. The fourth-order valence-electron chi connectivity index (χ4n) is 3.31. The van der Waals surface area contributed by atoms with Crippen molar-refractivity contribution in [2.75, 3.05) is 13.4 Å². The molecule has 7 nitrogen and oxygen atoms in total. The van der Waals surface area contributed by atoms with E-state index in [2.05, 4.69) is 15.0 Å². The molecule has 0 aliphatic heterocycles. The molecule has 0 atom stereocenters. The first-order chi connectivity index (χ1) is 13.2. The largest absolute Gasteiger partial charge is 0.496 e. The van der Waals surface area contributed by atoms with Crippen LogP contribution in [0.4, 0.5) is 0 Å². The van der Waals surface area contributed by atoms with Crippen molar-refractivity contribution in [1.82, 2.24) is 15.0 Å². The molecule has 2 aromatic carbocycles. The Kier molecular flexibility index (Phi) is 4.04. The van der Waals surface area contributed by atoms with Crippen LogP contribution >= 0.6 is 0 Å². The first kappa shape index (κ1) is 18.2. The highest BCUT2D eigenvalue weighted by Gasteiger charge is 2.16. The second kappa shape index (κ2) is 6.20. The lowest BCUT2D eigenvalue weighted by Crippen LogP contribution is -2.09. The number of ether oxygens (including phenoxy) is 1. The predicted octanol–water partition coefficient (Wildman–Crippen LogP) is 3.10. The summed E-state index contributed by atoms with van der Waals surface area (Å²) in [6.45, 7) is 3.83. The third-order valence-corrected chi connectivity index (χ3v) is 6.10. The summed E-state index contributed by atoms with van der Waals surface area (Å²) in [5.74, 6) is 0.935. The molecule has 0 saturated heterocycles. The Labute approximate surface area is 161 Å². The molecule has 0 bridgehead atoms. The van der Waals surface area contributed by atoms with E-state index in [4.69, 9.17) is 4.74 Å². The van der Waals surface area contributed by atoms with Crippen molar-refractivity contribution >= 4 is 31.6 Å². The quantitative estimate of drug-likeness (QED) is 0.553. The van der Waals surface area contributed by atoms with Crippen LogP contribution in [0.2, 0.25) is 0 Å². The molecule has 2 heterocycles. The Morgan fingerprint density at radius 1 is 1.04 bits per heavy atom. The summed E-state index contributed by atoms with van der Waals surface area (Å²) in [6, 6.07) is 8.33. The highest BCUT2D eigenvalue weighted by atomic mass is 32.2. The Morgan fingerprint density at radius 2 is 1.79 bits per heavy atom. The maximum atomic E-state index is 12.3. The Hall–Kier alpha value is -3.13. The molecule has 0 fully saturated rings. The number of hydrogen-bond donors (Lipinski definition) is 2. The number of aromatic amines is 2. The van der Waals surface area contributed by atoms with Crippen LogP contribution in [0, 0.1) is 13.8 Å². The van der Waals surface area contributed by atoms with Gasteiger partial charge in [0.25, 0.3) is 5.56 Å². The third-order valence-electron chi connectivity index (χ3n) is 4.99. The smallest absolute Gasteiger partial charge is 0.256 e.